The molecule has 1 aromatic carbocycles. The van der Waals surface area contributed by atoms with Gasteiger partial charge in [-0.1, -0.05) is 62.4 Å². The molecule has 144 valence electrons. The number of rotatable bonds is 4. The highest BCUT2D eigenvalue weighted by atomic mass is 16.3. The van der Waals surface area contributed by atoms with Gasteiger partial charge in [0.1, 0.15) is 11.9 Å². The van der Waals surface area contributed by atoms with Gasteiger partial charge in [-0.25, -0.2) is 4.98 Å². The maximum Gasteiger partial charge on any atom is 0.251 e. The SMILES string of the molecule is C[C@H](O)C(=O)N1CCn2cc(-c3ccccc3)nc2[C@@H]1CC1CCCCC1. The van der Waals surface area contributed by atoms with Crippen LogP contribution in [-0.2, 0) is 11.3 Å². The molecule has 2 atom stereocenters. The second kappa shape index (κ2) is 7.85. The number of nitrogens with zero attached hydrogens (tertiary/aromatic N) is 3. The van der Waals surface area contributed by atoms with Gasteiger partial charge in [-0.05, 0) is 19.3 Å². The summed E-state index contributed by atoms with van der Waals surface area (Å²) in [6, 6.07) is 10.2. The minimum Gasteiger partial charge on any atom is -0.384 e. The molecule has 2 aliphatic rings. The highest BCUT2D eigenvalue weighted by Crippen LogP contribution is 2.37. The van der Waals surface area contributed by atoms with Crippen LogP contribution in [0.3, 0.4) is 0 Å². The number of aliphatic hydroxyl groups is 1. The highest BCUT2D eigenvalue weighted by molar-refractivity contribution is 5.80. The highest BCUT2D eigenvalue weighted by Gasteiger charge is 2.36. The van der Waals surface area contributed by atoms with E-state index in [1.807, 2.05) is 23.1 Å². The largest absolute Gasteiger partial charge is 0.384 e. The van der Waals surface area contributed by atoms with Gasteiger partial charge in [0.2, 0.25) is 0 Å². The van der Waals surface area contributed by atoms with Crippen LogP contribution in [0.25, 0.3) is 11.3 Å². The molecule has 1 N–H and O–H groups in total. The Morgan fingerprint density at radius 2 is 1.93 bits per heavy atom. The van der Waals surface area contributed by atoms with Gasteiger partial charge in [0.25, 0.3) is 5.91 Å². The molecule has 1 aliphatic carbocycles. The zero-order chi connectivity index (χ0) is 18.8. The molecular formula is C22H29N3O2. The number of amides is 1. The summed E-state index contributed by atoms with van der Waals surface area (Å²) in [6.45, 7) is 2.93. The van der Waals surface area contributed by atoms with Crippen molar-refractivity contribution < 1.29 is 9.90 Å². The van der Waals surface area contributed by atoms with E-state index in [1.165, 1.54) is 32.1 Å². The van der Waals surface area contributed by atoms with Gasteiger partial charge in [-0.15, -0.1) is 0 Å². The summed E-state index contributed by atoms with van der Waals surface area (Å²) in [7, 11) is 0. The molecule has 1 fully saturated rings. The third kappa shape index (κ3) is 3.79. The number of carbonyl (C=O) groups excluding carboxylic acids is 1. The number of hydrogen-bond acceptors (Lipinski definition) is 3. The maximum atomic E-state index is 12.7. The molecule has 1 saturated carbocycles. The van der Waals surface area contributed by atoms with Crippen LogP contribution in [-0.4, -0.2) is 38.1 Å². The first-order chi connectivity index (χ1) is 13.1. The summed E-state index contributed by atoms with van der Waals surface area (Å²) in [5, 5.41) is 9.91. The van der Waals surface area contributed by atoms with E-state index in [2.05, 4.69) is 22.9 Å². The fourth-order valence-electron chi connectivity index (χ4n) is 4.61. The summed E-state index contributed by atoms with van der Waals surface area (Å²) in [5.41, 5.74) is 2.06. The molecular weight excluding hydrogens is 338 g/mol. The van der Waals surface area contributed by atoms with Crippen LogP contribution in [0.15, 0.2) is 36.5 Å². The Morgan fingerprint density at radius 3 is 2.63 bits per heavy atom. The molecule has 2 heterocycles. The predicted octanol–water partition coefficient (Wildman–Crippen LogP) is 3.78. The molecule has 1 aromatic heterocycles. The van der Waals surface area contributed by atoms with Crippen LogP contribution in [0.1, 0.15) is 57.3 Å². The van der Waals surface area contributed by atoms with Crippen LogP contribution in [0, 0.1) is 5.92 Å². The molecule has 0 saturated heterocycles. The molecule has 0 spiro atoms. The number of imidazole rings is 1. The molecule has 1 aliphatic heterocycles. The number of carbonyl (C=O) groups is 1. The van der Waals surface area contributed by atoms with E-state index in [-0.39, 0.29) is 11.9 Å². The van der Waals surface area contributed by atoms with Crippen molar-refractivity contribution in [2.45, 2.75) is 64.1 Å². The lowest BCUT2D eigenvalue weighted by atomic mass is 9.84. The van der Waals surface area contributed by atoms with Crippen molar-refractivity contribution in [3.8, 4) is 11.3 Å². The fraction of sp³-hybridized carbons (Fsp3) is 0.545. The van der Waals surface area contributed by atoms with Crippen molar-refractivity contribution in [3.63, 3.8) is 0 Å². The topological polar surface area (TPSA) is 58.4 Å². The summed E-state index contributed by atoms with van der Waals surface area (Å²) < 4.78 is 2.21. The Morgan fingerprint density at radius 1 is 1.19 bits per heavy atom. The Bertz CT molecular complexity index is 778. The molecule has 5 nitrogen and oxygen atoms in total. The summed E-state index contributed by atoms with van der Waals surface area (Å²) in [5.74, 6) is 1.43. The maximum absolute atomic E-state index is 12.7. The van der Waals surface area contributed by atoms with E-state index >= 15 is 0 Å². The van der Waals surface area contributed by atoms with Gasteiger partial charge in [0.05, 0.1) is 11.7 Å². The lowest BCUT2D eigenvalue weighted by molar-refractivity contribution is -0.143. The molecule has 4 rings (SSSR count). The normalized spacial score (nSPS) is 21.7. The molecule has 1 amide bonds. The van der Waals surface area contributed by atoms with Gasteiger partial charge >= 0.3 is 0 Å². The zero-order valence-electron chi connectivity index (χ0n) is 16.1. The Balaban J connectivity index is 1.66. The number of hydrogen-bond donors (Lipinski definition) is 1. The van der Waals surface area contributed by atoms with E-state index in [9.17, 15) is 9.90 Å². The van der Waals surface area contributed by atoms with E-state index in [0.717, 1.165) is 30.0 Å². The monoisotopic (exact) mass is 367 g/mol. The van der Waals surface area contributed by atoms with Crippen molar-refractivity contribution >= 4 is 5.91 Å². The number of aliphatic hydroxyl groups excluding tert-OH is 1. The van der Waals surface area contributed by atoms with E-state index < -0.39 is 6.10 Å². The number of benzene rings is 1. The van der Waals surface area contributed by atoms with Crippen molar-refractivity contribution in [3.05, 3.63) is 42.4 Å². The standard InChI is InChI=1S/C22H29N3O2/c1-16(26)22(27)25-13-12-24-15-19(18-10-6-3-7-11-18)23-21(24)20(25)14-17-8-4-2-5-9-17/h3,6-7,10-11,15-17,20,26H,2,4-5,8-9,12-14H2,1H3/t16-,20-/m0/s1. The minimum atomic E-state index is -0.964. The third-order valence-corrected chi connectivity index (χ3v) is 6.05. The van der Waals surface area contributed by atoms with Crippen molar-refractivity contribution in [1.82, 2.24) is 14.5 Å². The second-order valence-corrected chi connectivity index (χ2v) is 8.01. The van der Waals surface area contributed by atoms with E-state index in [0.29, 0.717) is 12.5 Å². The molecule has 27 heavy (non-hydrogen) atoms. The summed E-state index contributed by atoms with van der Waals surface area (Å²) in [4.78, 5) is 19.5. The molecule has 2 aromatic rings. The van der Waals surface area contributed by atoms with Crippen LogP contribution in [0.4, 0.5) is 0 Å². The predicted molar refractivity (Wildman–Crippen MR) is 105 cm³/mol. The van der Waals surface area contributed by atoms with Crippen LogP contribution >= 0.6 is 0 Å². The quantitative estimate of drug-likeness (QED) is 0.894. The summed E-state index contributed by atoms with van der Waals surface area (Å²) in [6.07, 6.45) is 8.46. The Hall–Kier alpha value is -2.14. The fourth-order valence-corrected chi connectivity index (χ4v) is 4.61. The first kappa shape index (κ1) is 18.2. The van der Waals surface area contributed by atoms with E-state index in [1.54, 1.807) is 6.92 Å². The average molecular weight is 367 g/mol. The minimum absolute atomic E-state index is 0.0404. The van der Waals surface area contributed by atoms with Gasteiger partial charge in [-0.3, -0.25) is 4.79 Å². The van der Waals surface area contributed by atoms with Crippen LogP contribution < -0.4 is 0 Å². The lowest BCUT2D eigenvalue weighted by Crippen LogP contribution is -2.46. The van der Waals surface area contributed by atoms with Crippen molar-refractivity contribution in [1.29, 1.82) is 0 Å². The van der Waals surface area contributed by atoms with Gasteiger partial charge in [0, 0.05) is 24.8 Å². The lowest BCUT2D eigenvalue weighted by Gasteiger charge is -2.39. The van der Waals surface area contributed by atoms with Gasteiger partial charge < -0.3 is 14.6 Å². The summed E-state index contributed by atoms with van der Waals surface area (Å²) >= 11 is 0. The Labute approximate surface area is 161 Å². The Kier molecular flexibility index (Phi) is 5.30. The third-order valence-electron chi connectivity index (χ3n) is 6.05. The molecule has 0 radical (unpaired) electrons. The first-order valence-electron chi connectivity index (χ1n) is 10.2. The smallest absolute Gasteiger partial charge is 0.251 e. The number of fused-ring (bicyclic) bond motifs is 1. The zero-order valence-corrected chi connectivity index (χ0v) is 16.1. The van der Waals surface area contributed by atoms with Gasteiger partial charge in [0.15, 0.2) is 0 Å². The average Bonchev–Trinajstić information content (AvgIpc) is 3.14. The van der Waals surface area contributed by atoms with E-state index in [4.69, 9.17) is 4.98 Å². The van der Waals surface area contributed by atoms with Gasteiger partial charge in [-0.2, -0.15) is 0 Å². The second-order valence-electron chi connectivity index (χ2n) is 8.01. The van der Waals surface area contributed by atoms with Crippen LogP contribution in [0.2, 0.25) is 0 Å². The first-order valence-corrected chi connectivity index (χ1v) is 10.2. The van der Waals surface area contributed by atoms with Crippen molar-refractivity contribution in [2.24, 2.45) is 5.92 Å². The van der Waals surface area contributed by atoms with Crippen molar-refractivity contribution in [2.75, 3.05) is 6.54 Å². The molecule has 0 bridgehead atoms. The number of aromatic nitrogens is 2. The van der Waals surface area contributed by atoms with Crippen LogP contribution in [0.5, 0.6) is 0 Å². The molecule has 0 unspecified atom stereocenters. The molecule has 5 heteroatoms.